The number of imide groups is 1. The number of nitrogens with one attached hydrogen (secondary N) is 1. The van der Waals surface area contributed by atoms with Gasteiger partial charge in [-0.25, -0.2) is 9.59 Å². The molecule has 3 heterocycles. The van der Waals surface area contributed by atoms with Crippen LogP contribution in [-0.4, -0.2) is 59.9 Å². The van der Waals surface area contributed by atoms with Crippen LogP contribution >= 0.6 is 11.3 Å². The Kier molecular flexibility index (Phi) is 6.48. The molecule has 35 heavy (non-hydrogen) atoms. The van der Waals surface area contributed by atoms with Crippen molar-refractivity contribution in [2.45, 2.75) is 45.5 Å². The van der Waals surface area contributed by atoms with Gasteiger partial charge in [0.15, 0.2) is 0 Å². The zero-order valence-electron chi connectivity index (χ0n) is 19.6. The molecule has 0 aliphatic carbocycles. The van der Waals surface area contributed by atoms with E-state index in [1.54, 1.807) is 45.0 Å². The molecule has 11 heteroatoms. The van der Waals surface area contributed by atoms with Gasteiger partial charge in [-0.15, -0.1) is 11.3 Å². The van der Waals surface area contributed by atoms with Crippen molar-refractivity contribution in [3.05, 3.63) is 51.4 Å². The van der Waals surface area contributed by atoms with Crippen LogP contribution < -0.4 is 5.32 Å². The maximum atomic E-state index is 12.7. The lowest BCUT2D eigenvalue weighted by Gasteiger charge is -2.27. The molecule has 184 valence electrons. The van der Waals surface area contributed by atoms with Gasteiger partial charge in [0.2, 0.25) is 0 Å². The average molecular weight is 501 g/mol. The largest absolute Gasteiger partial charge is 0.465 e. The van der Waals surface area contributed by atoms with Gasteiger partial charge in [0.25, 0.3) is 11.8 Å². The van der Waals surface area contributed by atoms with E-state index in [1.165, 1.54) is 7.11 Å². The first-order chi connectivity index (χ1) is 16.5. The van der Waals surface area contributed by atoms with E-state index >= 15 is 0 Å². The van der Waals surface area contributed by atoms with Crippen LogP contribution in [0.4, 0.5) is 5.00 Å². The average Bonchev–Trinajstić information content (AvgIpc) is 3.27. The van der Waals surface area contributed by atoms with Crippen molar-refractivity contribution in [2.75, 3.05) is 19.0 Å². The van der Waals surface area contributed by atoms with Crippen LogP contribution in [0.1, 0.15) is 62.3 Å². The van der Waals surface area contributed by atoms with E-state index < -0.39 is 41.4 Å². The summed E-state index contributed by atoms with van der Waals surface area (Å²) in [7, 11) is 1.21. The number of thiophene rings is 1. The van der Waals surface area contributed by atoms with Crippen molar-refractivity contribution in [1.29, 1.82) is 0 Å². The summed E-state index contributed by atoms with van der Waals surface area (Å²) in [5.41, 5.74) is 0.507. The van der Waals surface area contributed by atoms with Gasteiger partial charge in [0, 0.05) is 11.3 Å². The second kappa shape index (κ2) is 9.23. The van der Waals surface area contributed by atoms with Crippen LogP contribution in [0, 0.1) is 0 Å². The lowest BCUT2D eigenvalue weighted by atomic mass is 10.0. The number of esters is 2. The Hall–Kier alpha value is -3.57. The Bertz CT molecular complexity index is 1210. The second-order valence-corrected chi connectivity index (χ2v) is 10.2. The van der Waals surface area contributed by atoms with Gasteiger partial charge >= 0.3 is 17.8 Å². The molecular weight excluding hydrogens is 476 g/mol. The summed E-state index contributed by atoms with van der Waals surface area (Å²) < 4.78 is 15.9. The van der Waals surface area contributed by atoms with Gasteiger partial charge in [-0.1, -0.05) is 12.1 Å². The Morgan fingerprint density at radius 1 is 1.14 bits per heavy atom. The zero-order valence-corrected chi connectivity index (χ0v) is 20.4. The number of rotatable bonds is 4. The Balaban J connectivity index is 1.54. The summed E-state index contributed by atoms with van der Waals surface area (Å²) in [6, 6.07) is 6.59. The number of ether oxygens (including phenoxy) is 3. The molecule has 1 aromatic heterocycles. The molecule has 0 saturated carbocycles. The molecular formula is C24H24N2O8S. The molecule has 2 aliphatic heterocycles. The maximum Gasteiger partial charge on any atom is 0.397 e. The molecule has 1 N–H and O–H groups in total. The molecule has 3 amide bonds. The third kappa shape index (κ3) is 4.82. The fourth-order valence-corrected chi connectivity index (χ4v) is 5.07. The predicted octanol–water partition coefficient (Wildman–Crippen LogP) is 2.55. The van der Waals surface area contributed by atoms with Crippen LogP contribution in [0.3, 0.4) is 0 Å². The highest BCUT2D eigenvalue weighted by molar-refractivity contribution is 7.17. The molecule has 2 aromatic rings. The Morgan fingerprint density at radius 3 is 2.34 bits per heavy atom. The molecule has 2 aliphatic rings. The number of benzene rings is 1. The van der Waals surface area contributed by atoms with Crippen LogP contribution in [0.5, 0.6) is 0 Å². The van der Waals surface area contributed by atoms with E-state index in [9.17, 15) is 24.0 Å². The van der Waals surface area contributed by atoms with E-state index in [4.69, 9.17) is 14.2 Å². The molecule has 0 fully saturated rings. The van der Waals surface area contributed by atoms with Gasteiger partial charge < -0.3 is 19.5 Å². The predicted molar refractivity (Wildman–Crippen MR) is 124 cm³/mol. The van der Waals surface area contributed by atoms with Crippen LogP contribution in [-0.2, 0) is 36.8 Å². The molecule has 0 spiro atoms. The second-order valence-electron chi connectivity index (χ2n) is 9.06. The zero-order chi connectivity index (χ0) is 25.5. The highest BCUT2D eigenvalue weighted by atomic mass is 32.1. The highest BCUT2D eigenvalue weighted by Crippen LogP contribution is 2.39. The van der Waals surface area contributed by atoms with E-state index in [1.807, 2.05) is 0 Å². The van der Waals surface area contributed by atoms with E-state index in [-0.39, 0.29) is 30.1 Å². The van der Waals surface area contributed by atoms with Gasteiger partial charge in [-0.2, -0.15) is 0 Å². The molecule has 1 atom stereocenters. The smallest absolute Gasteiger partial charge is 0.397 e. The van der Waals surface area contributed by atoms with Gasteiger partial charge in [-0.3, -0.25) is 19.3 Å². The minimum absolute atomic E-state index is 0.00183. The molecule has 0 saturated heterocycles. The number of carbonyl (C=O) groups excluding carboxylic acids is 5. The summed E-state index contributed by atoms with van der Waals surface area (Å²) >= 11 is 1.09. The number of hydrogen-bond donors (Lipinski definition) is 1. The topological polar surface area (TPSA) is 128 Å². The van der Waals surface area contributed by atoms with Crippen molar-refractivity contribution in [1.82, 2.24) is 4.90 Å². The lowest BCUT2D eigenvalue weighted by Crippen LogP contribution is -2.40. The Morgan fingerprint density at radius 2 is 1.77 bits per heavy atom. The normalized spacial score (nSPS) is 17.0. The first kappa shape index (κ1) is 24.6. The number of anilines is 1. The monoisotopic (exact) mass is 500 g/mol. The summed E-state index contributed by atoms with van der Waals surface area (Å²) in [4.78, 5) is 64.4. The van der Waals surface area contributed by atoms with E-state index in [2.05, 4.69) is 5.32 Å². The summed E-state index contributed by atoms with van der Waals surface area (Å²) in [5, 5.41) is 2.59. The van der Waals surface area contributed by atoms with Gasteiger partial charge in [0.1, 0.15) is 10.6 Å². The lowest BCUT2D eigenvalue weighted by molar-refractivity contribution is -0.161. The quantitative estimate of drug-likeness (QED) is 0.385. The van der Waals surface area contributed by atoms with Crippen LogP contribution in [0.25, 0.3) is 0 Å². The molecule has 0 bridgehead atoms. The number of carbonyl (C=O) groups is 5. The number of nitrogens with zero attached hydrogens (tertiary/aromatic N) is 1. The fourth-order valence-electron chi connectivity index (χ4n) is 3.94. The van der Waals surface area contributed by atoms with Crippen molar-refractivity contribution in [2.24, 2.45) is 0 Å². The van der Waals surface area contributed by atoms with Crippen molar-refractivity contribution in [3.8, 4) is 0 Å². The van der Waals surface area contributed by atoms with Crippen molar-refractivity contribution < 1.29 is 38.2 Å². The van der Waals surface area contributed by atoms with Gasteiger partial charge in [0.05, 0.1) is 43.1 Å². The minimum atomic E-state index is -1.08. The van der Waals surface area contributed by atoms with Gasteiger partial charge in [-0.05, 0) is 38.5 Å². The summed E-state index contributed by atoms with van der Waals surface area (Å²) in [6.07, 6.45) is -0.372. The summed E-state index contributed by atoms with van der Waals surface area (Å²) in [6.45, 7) is 5.00. The van der Waals surface area contributed by atoms with E-state index in [0.717, 1.165) is 16.2 Å². The van der Waals surface area contributed by atoms with Crippen molar-refractivity contribution >= 4 is 46.0 Å². The standard InChI is InChI=1S/C24H24N2O8S/c1-24(2,3)34-23(31)18(27)25-19-17(22(30)32-4)15-9-12(33-11-16(15)35-19)10-26-20(28)13-7-5-6-8-14(13)21(26)29/h5-8,12H,9-11H2,1-4H3,(H,25,27). The maximum absolute atomic E-state index is 12.7. The van der Waals surface area contributed by atoms with Crippen LogP contribution in [0.15, 0.2) is 24.3 Å². The third-order valence-corrected chi connectivity index (χ3v) is 6.56. The molecule has 4 rings (SSSR count). The highest BCUT2D eigenvalue weighted by Gasteiger charge is 2.39. The number of fused-ring (bicyclic) bond motifs is 2. The first-order valence-electron chi connectivity index (χ1n) is 10.8. The molecule has 0 radical (unpaired) electrons. The minimum Gasteiger partial charge on any atom is -0.465 e. The molecule has 1 unspecified atom stereocenters. The van der Waals surface area contributed by atoms with Crippen LogP contribution in [0.2, 0.25) is 0 Å². The van der Waals surface area contributed by atoms with Crippen molar-refractivity contribution in [3.63, 3.8) is 0 Å². The number of amides is 3. The molecule has 10 nitrogen and oxygen atoms in total. The summed E-state index contributed by atoms with van der Waals surface area (Å²) in [5.74, 6) is -3.59. The van der Waals surface area contributed by atoms with E-state index in [0.29, 0.717) is 21.6 Å². The number of methoxy groups -OCH3 is 1. The first-order valence-corrected chi connectivity index (χ1v) is 11.7. The molecule has 1 aromatic carbocycles. The fraction of sp³-hybridized carbons (Fsp3) is 0.375. The third-order valence-electron chi connectivity index (χ3n) is 5.44. The SMILES string of the molecule is COC(=O)c1c(NC(=O)C(=O)OC(C)(C)C)sc2c1CC(CN1C(=O)c3ccccc3C1=O)OC2. The Labute approximate surface area is 205 Å². The number of hydrogen-bond acceptors (Lipinski definition) is 9.